The van der Waals surface area contributed by atoms with Crippen molar-refractivity contribution in [1.82, 2.24) is 9.97 Å². The van der Waals surface area contributed by atoms with Crippen LogP contribution in [0.4, 0.5) is 11.6 Å². The molecule has 0 spiro atoms. The first-order chi connectivity index (χ1) is 8.70. The molecule has 1 aromatic heterocycles. The van der Waals surface area contributed by atoms with Gasteiger partial charge in [0.25, 0.3) is 5.91 Å². The molecule has 1 aromatic carbocycles. The maximum Gasteiger partial charge on any atom is 0.260 e. The Labute approximate surface area is 108 Å². The summed E-state index contributed by atoms with van der Waals surface area (Å²) in [5, 5.41) is 2.98. The largest absolute Gasteiger partial charge is 0.323 e. The number of benzene rings is 1. The number of amides is 1. The van der Waals surface area contributed by atoms with E-state index >= 15 is 0 Å². The number of hydrogen-bond donors (Lipinski definition) is 3. The summed E-state index contributed by atoms with van der Waals surface area (Å²) in [7, 11) is 0. The number of nitrogens with two attached hydrogens (primary N) is 1. The van der Waals surface area contributed by atoms with Crippen molar-refractivity contribution < 1.29 is 4.79 Å². The molecule has 6 nitrogen and oxygen atoms in total. The molecule has 0 fully saturated rings. The molecule has 0 aliphatic carbocycles. The van der Waals surface area contributed by atoms with Crippen molar-refractivity contribution in [3.63, 3.8) is 0 Å². The van der Waals surface area contributed by atoms with Gasteiger partial charge in [-0.05, 0) is 24.3 Å². The Morgan fingerprint density at radius 3 is 2.67 bits per heavy atom. The molecule has 0 saturated heterocycles. The lowest BCUT2D eigenvalue weighted by molar-refractivity contribution is 0.102. The van der Waals surface area contributed by atoms with E-state index in [4.69, 9.17) is 17.4 Å². The van der Waals surface area contributed by atoms with E-state index in [1.165, 1.54) is 18.5 Å². The van der Waals surface area contributed by atoms with Gasteiger partial charge < -0.3 is 5.43 Å². The van der Waals surface area contributed by atoms with Crippen LogP contribution in [0, 0.1) is 0 Å². The third kappa shape index (κ3) is 2.73. The monoisotopic (exact) mass is 263 g/mol. The lowest BCUT2D eigenvalue weighted by Gasteiger charge is -2.08. The first kappa shape index (κ1) is 12.3. The number of carbonyl (C=O) groups excluding carboxylic acids is 1. The predicted octanol–water partition coefficient (Wildman–Crippen LogP) is 1.67. The van der Waals surface area contributed by atoms with Crippen LogP contribution in [0.25, 0.3) is 0 Å². The average molecular weight is 264 g/mol. The Bertz CT molecular complexity index is 561. The summed E-state index contributed by atoms with van der Waals surface area (Å²) in [5.41, 5.74) is 3.21. The van der Waals surface area contributed by atoms with Crippen molar-refractivity contribution in [3.8, 4) is 0 Å². The molecule has 2 aromatic rings. The maximum atomic E-state index is 12.0. The zero-order chi connectivity index (χ0) is 13.0. The van der Waals surface area contributed by atoms with Crippen molar-refractivity contribution in [3.05, 3.63) is 47.2 Å². The molecular weight excluding hydrogens is 254 g/mol. The molecule has 0 unspecified atom stereocenters. The second-order valence-electron chi connectivity index (χ2n) is 3.36. The molecule has 1 amide bonds. The van der Waals surface area contributed by atoms with Crippen LogP contribution in [0.1, 0.15) is 10.4 Å². The van der Waals surface area contributed by atoms with Crippen LogP contribution < -0.4 is 16.6 Å². The van der Waals surface area contributed by atoms with Crippen LogP contribution in [0.3, 0.4) is 0 Å². The molecule has 0 aliphatic rings. The van der Waals surface area contributed by atoms with Crippen molar-refractivity contribution in [1.29, 1.82) is 0 Å². The van der Waals surface area contributed by atoms with Gasteiger partial charge in [-0.1, -0.05) is 11.6 Å². The third-order valence-corrected chi connectivity index (χ3v) is 2.41. The van der Waals surface area contributed by atoms with E-state index in [-0.39, 0.29) is 5.95 Å². The van der Waals surface area contributed by atoms with Gasteiger partial charge in [0.05, 0.1) is 11.3 Å². The number of rotatable bonds is 3. The SMILES string of the molecule is NNc1ccc(Cl)cc1C(=O)Nc1ncccn1. The van der Waals surface area contributed by atoms with Gasteiger partial charge in [0.15, 0.2) is 0 Å². The van der Waals surface area contributed by atoms with E-state index in [1.54, 1.807) is 18.2 Å². The molecule has 92 valence electrons. The van der Waals surface area contributed by atoms with E-state index in [0.717, 1.165) is 0 Å². The summed E-state index contributed by atoms with van der Waals surface area (Å²) < 4.78 is 0. The summed E-state index contributed by atoms with van der Waals surface area (Å²) in [6, 6.07) is 6.41. The molecule has 18 heavy (non-hydrogen) atoms. The van der Waals surface area contributed by atoms with E-state index in [2.05, 4.69) is 20.7 Å². The minimum Gasteiger partial charge on any atom is -0.323 e. The molecule has 0 radical (unpaired) electrons. The minimum absolute atomic E-state index is 0.213. The Kier molecular flexibility index (Phi) is 3.71. The number of hydrogen-bond acceptors (Lipinski definition) is 5. The standard InChI is InChI=1S/C11H10ClN5O/c12-7-2-3-9(17-13)8(6-7)10(18)16-11-14-4-1-5-15-11/h1-6,17H,13H2,(H,14,15,16,18). The van der Waals surface area contributed by atoms with E-state index < -0.39 is 5.91 Å². The Balaban J connectivity index is 2.26. The van der Waals surface area contributed by atoms with Gasteiger partial charge in [-0.25, -0.2) is 9.97 Å². The maximum absolute atomic E-state index is 12.0. The number of nitrogens with zero attached hydrogens (tertiary/aromatic N) is 2. The number of halogens is 1. The quantitative estimate of drug-likeness (QED) is 0.579. The van der Waals surface area contributed by atoms with Crippen LogP contribution in [-0.4, -0.2) is 15.9 Å². The summed E-state index contributed by atoms with van der Waals surface area (Å²) in [5.74, 6) is 5.15. The highest BCUT2D eigenvalue weighted by molar-refractivity contribution is 6.31. The molecule has 2 rings (SSSR count). The van der Waals surface area contributed by atoms with Crippen molar-refractivity contribution in [2.24, 2.45) is 5.84 Å². The van der Waals surface area contributed by atoms with Gasteiger partial charge in [0.1, 0.15) is 0 Å². The summed E-state index contributed by atoms with van der Waals surface area (Å²) >= 11 is 5.84. The van der Waals surface area contributed by atoms with Gasteiger partial charge in [0.2, 0.25) is 5.95 Å². The minimum atomic E-state index is -0.392. The van der Waals surface area contributed by atoms with Crippen molar-refractivity contribution in [2.75, 3.05) is 10.7 Å². The Morgan fingerprint density at radius 1 is 1.28 bits per heavy atom. The second kappa shape index (κ2) is 5.44. The third-order valence-electron chi connectivity index (χ3n) is 2.17. The van der Waals surface area contributed by atoms with Crippen LogP contribution in [0.2, 0.25) is 5.02 Å². The fourth-order valence-corrected chi connectivity index (χ4v) is 1.53. The highest BCUT2D eigenvalue weighted by Gasteiger charge is 2.12. The van der Waals surface area contributed by atoms with E-state index in [0.29, 0.717) is 16.3 Å². The summed E-state index contributed by atoms with van der Waals surface area (Å²) in [6.07, 6.45) is 3.06. The zero-order valence-electron chi connectivity index (χ0n) is 9.22. The number of nitrogens with one attached hydrogen (secondary N) is 2. The number of nitrogen functional groups attached to an aromatic ring is 1. The van der Waals surface area contributed by atoms with Crippen LogP contribution in [-0.2, 0) is 0 Å². The van der Waals surface area contributed by atoms with Gasteiger partial charge >= 0.3 is 0 Å². The van der Waals surface area contributed by atoms with Crippen molar-refractivity contribution in [2.45, 2.75) is 0 Å². The van der Waals surface area contributed by atoms with E-state index in [9.17, 15) is 4.79 Å². The average Bonchev–Trinajstić information content (AvgIpc) is 2.40. The number of hydrazine groups is 1. The molecule has 1 heterocycles. The van der Waals surface area contributed by atoms with Crippen LogP contribution >= 0.6 is 11.6 Å². The van der Waals surface area contributed by atoms with Gasteiger partial charge in [-0.2, -0.15) is 0 Å². The molecule has 0 saturated carbocycles. The fraction of sp³-hybridized carbons (Fsp3) is 0. The number of anilines is 2. The second-order valence-corrected chi connectivity index (χ2v) is 3.80. The normalized spacial score (nSPS) is 9.89. The number of carbonyl (C=O) groups is 1. The zero-order valence-corrected chi connectivity index (χ0v) is 9.98. The van der Waals surface area contributed by atoms with Gasteiger partial charge in [0, 0.05) is 17.4 Å². The van der Waals surface area contributed by atoms with Crippen molar-refractivity contribution >= 4 is 29.1 Å². The highest BCUT2D eigenvalue weighted by Crippen LogP contribution is 2.20. The van der Waals surface area contributed by atoms with Gasteiger partial charge in [-0.3, -0.25) is 16.0 Å². The lowest BCUT2D eigenvalue weighted by atomic mass is 10.1. The Morgan fingerprint density at radius 2 is 2.00 bits per heavy atom. The summed E-state index contributed by atoms with van der Waals surface area (Å²) in [4.78, 5) is 19.8. The van der Waals surface area contributed by atoms with Gasteiger partial charge in [-0.15, -0.1) is 0 Å². The lowest BCUT2D eigenvalue weighted by Crippen LogP contribution is -2.18. The first-order valence-electron chi connectivity index (χ1n) is 5.05. The smallest absolute Gasteiger partial charge is 0.260 e. The summed E-state index contributed by atoms with van der Waals surface area (Å²) in [6.45, 7) is 0. The molecular formula is C11H10ClN5O. The van der Waals surface area contributed by atoms with Crippen LogP contribution in [0.5, 0.6) is 0 Å². The number of aromatic nitrogens is 2. The molecule has 7 heteroatoms. The Hall–Kier alpha value is -2.18. The fourth-order valence-electron chi connectivity index (χ4n) is 1.36. The predicted molar refractivity (Wildman–Crippen MR) is 69.2 cm³/mol. The van der Waals surface area contributed by atoms with E-state index in [1.807, 2.05) is 0 Å². The highest BCUT2D eigenvalue weighted by atomic mass is 35.5. The molecule has 0 bridgehead atoms. The van der Waals surface area contributed by atoms with Crippen LogP contribution in [0.15, 0.2) is 36.7 Å². The first-order valence-corrected chi connectivity index (χ1v) is 5.43. The topological polar surface area (TPSA) is 92.9 Å². The molecule has 4 N–H and O–H groups in total. The molecule has 0 aliphatic heterocycles. The molecule has 0 atom stereocenters.